The van der Waals surface area contributed by atoms with Gasteiger partial charge in [-0.25, -0.2) is 0 Å². The quantitative estimate of drug-likeness (QED) is 0.261. The number of nitrogens with two attached hydrogens (primary N) is 1. The predicted octanol–water partition coefficient (Wildman–Crippen LogP) is 2.36. The highest BCUT2D eigenvalue weighted by Crippen LogP contribution is 2.20. The highest BCUT2D eigenvalue weighted by molar-refractivity contribution is 6.07. The normalized spacial score (nSPS) is 18.8. The fourth-order valence-corrected chi connectivity index (χ4v) is 2.87. The summed E-state index contributed by atoms with van der Waals surface area (Å²) >= 11 is 0. The summed E-state index contributed by atoms with van der Waals surface area (Å²) in [6.45, 7) is 0. The molecule has 1 aromatic rings. The third kappa shape index (κ3) is 4.21. The maximum atomic E-state index is 12.5. The van der Waals surface area contributed by atoms with Crippen molar-refractivity contribution in [2.24, 2.45) is 10.9 Å². The Morgan fingerprint density at radius 3 is 2.38 bits per heavy atom. The van der Waals surface area contributed by atoms with Gasteiger partial charge in [0.2, 0.25) is 5.91 Å². The van der Waals surface area contributed by atoms with Crippen LogP contribution in [0.5, 0.6) is 0 Å². The predicted molar refractivity (Wildman–Crippen MR) is 82.2 cm³/mol. The molecular weight excluding hydrogens is 266 g/mol. The molecule has 4 N–H and O–H groups in total. The lowest BCUT2D eigenvalue weighted by Gasteiger charge is -2.21. The van der Waals surface area contributed by atoms with E-state index >= 15 is 0 Å². The molecule has 1 aliphatic rings. The van der Waals surface area contributed by atoms with Crippen LogP contribution >= 0.6 is 0 Å². The Kier molecular flexibility index (Phi) is 5.60. The summed E-state index contributed by atoms with van der Waals surface area (Å²) in [7, 11) is 0. The molecule has 0 aromatic heterocycles. The van der Waals surface area contributed by atoms with Gasteiger partial charge >= 0.3 is 0 Å². The minimum atomic E-state index is -0.737. The molecule has 1 amide bonds. The van der Waals surface area contributed by atoms with Gasteiger partial charge in [-0.2, -0.15) is 0 Å². The van der Waals surface area contributed by atoms with Crippen molar-refractivity contribution in [3.05, 3.63) is 35.9 Å². The Bertz CT molecular complexity index is 480. The molecule has 1 aromatic carbocycles. The molecule has 0 bridgehead atoms. The van der Waals surface area contributed by atoms with Crippen molar-refractivity contribution in [2.75, 3.05) is 0 Å². The van der Waals surface area contributed by atoms with Gasteiger partial charge in [-0.1, -0.05) is 61.2 Å². The highest BCUT2D eigenvalue weighted by atomic mass is 16.4. The van der Waals surface area contributed by atoms with Crippen molar-refractivity contribution in [1.82, 2.24) is 5.32 Å². The number of nitrogens with zero attached hydrogens (tertiary/aromatic N) is 1. The zero-order chi connectivity index (χ0) is 15.1. The van der Waals surface area contributed by atoms with Crippen LogP contribution in [0.15, 0.2) is 35.5 Å². The van der Waals surface area contributed by atoms with Crippen LogP contribution in [0.4, 0.5) is 0 Å². The van der Waals surface area contributed by atoms with Crippen LogP contribution in [0.3, 0.4) is 0 Å². The number of hydrogen-bond acceptors (Lipinski definition) is 3. The van der Waals surface area contributed by atoms with E-state index in [4.69, 9.17) is 10.9 Å². The monoisotopic (exact) mass is 289 g/mol. The molecule has 1 atom stereocenters. The lowest BCUT2D eigenvalue weighted by molar-refractivity contribution is -0.122. The zero-order valence-electron chi connectivity index (χ0n) is 12.2. The maximum absolute atomic E-state index is 12.5. The van der Waals surface area contributed by atoms with Crippen LogP contribution < -0.4 is 11.1 Å². The molecule has 1 aliphatic carbocycles. The number of amidine groups is 1. The lowest BCUT2D eigenvalue weighted by Crippen LogP contribution is -2.42. The van der Waals surface area contributed by atoms with Gasteiger partial charge < -0.3 is 16.3 Å². The van der Waals surface area contributed by atoms with E-state index in [9.17, 15) is 4.79 Å². The van der Waals surface area contributed by atoms with Gasteiger partial charge in [0.15, 0.2) is 5.84 Å². The number of oxime groups is 1. The molecule has 1 unspecified atom stereocenters. The number of amides is 1. The van der Waals surface area contributed by atoms with Crippen LogP contribution in [0.2, 0.25) is 0 Å². The summed E-state index contributed by atoms with van der Waals surface area (Å²) < 4.78 is 0. The summed E-state index contributed by atoms with van der Waals surface area (Å²) in [5.74, 6) is -1.00. The molecule has 0 heterocycles. The van der Waals surface area contributed by atoms with E-state index in [1.54, 1.807) is 0 Å². The van der Waals surface area contributed by atoms with E-state index < -0.39 is 5.92 Å². The Balaban J connectivity index is 2.11. The average molecular weight is 289 g/mol. The first-order chi connectivity index (χ1) is 10.2. The van der Waals surface area contributed by atoms with E-state index in [2.05, 4.69) is 10.5 Å². The topological polar surface area (TPSA) is 87.7 Å². The minimum absolute atomic E-state index is 0.0766. The van der Waals surface area contributed by atoms with E-state index in [1.807, 2.05) is 30.3 Å². The second kappa shape index (κ2) is 7.67. The van der Waals surface area contributed by atoms with Gasteiger partial charge in [0, 0.05) is 6.04 Å². The SMILES string of the molecule is NC(=NO)C(C(=O)NC1CCCCCC1)c1ccccc1. The zero-order valence-corrected chi connectivity index (χ0v) is 12.2. The van der Waals surface area contributed by atoms with E-state index in [0.29, 0.717) is 0 Å². The number of carbonyl (C=O) groups excluding carboxylic acids is 1. The fourth-order valence-electron chi connectivity index (χ4n) is 2.87. The van der Waals surface area contributed by atoms with Gasteiger partial charge in [0.25, 0.3) is 0 Å². The lowest BCUT2D eigenvalue weighted by atomic mass is 9.96. The molecule has 0 aliphatic heterocycles. The summed E-state index contributed by atoms with van der Waals surface area (Å²) in [5.41, 5.74) is 6.46. The smallest absolute Gasteiger partial charge is 0.235 e. The molecule has 21 heavy (non-hydrogen) atoms. The van der Waals surface area contributed by atoms with Gasteiger partial charge in [-0.15, -0.1) is 0 Å². The highest BCUT2D eigenvalue weighted by Gasteiger charge is 2.27. The molecule has 1 fully saturated rings. The third-order valence-corrected chi connectivity index (χ3v) is 4.01. The first-order valence-electron chi connectivity index (χ1n) is 7.55. The van der Waals surface area contributed by atoms with Crippen molar-refractivity contribution in [3.63, 3.8) is 0 Å². The molecule has 2 rings (SSSR count). The first-order valence-corrected chi connectivity index (χ1v) is 7.55. The van der Waals surface area contributed by atoms with Crippen LogP contribution in [0.25, 0.3) is 0 Å². The maximum Gasteiger partial charge on any atom is 0.235 e. The molecule has 0 spiro atoms. The molecule has 0 radical (unpaired) electrons. The standard InChI is InChI=1S/C16H23N3O2/c17-15(19-21)14(12-8-4-3-5-9-12)16(20)18-13-10-6-1-2-7-11-13/h3-5,8-9,13-14,21H,1-2,6-7,10-11H2,(H2,17,19)(H,18,20). The second-order valence-corrected chi connectivity index (χ2v) is 5.57. The largest absolute Gasteiger partial charge is 0.409 e. The van der Waals surface area contributed by atoms with Gasteiger partial charge in [0.05, 0.1) is 0 Å². The van der Waals surface area contributed by atoms with Gasteiger partial charge in [-0.3, -0.25) is 4.79 Å². The summed E-state index contributed by atoms with van der Waals surface area (Å²) in [5, 5.41) is 15.0. The van der Waals surface area contributed by atoms with Crippen molar-refractivity contribution in [2.45, 2.75) is 50.5 Å². The molecule has 5 nitrogen and oxygen atoms in total. The van der Waals surface area contributed by atoms with Crippen molar-refractivity contribution >= 4 is 11.7 Å². The average Bonchev–Trinajstić information content (AvgIpc) is 2.77. The van der Waals surface area contributed by atoms with Crippen molar-refractivity contribution in [1.29, 1.82) is 0 Å². The van der Waals surface area contributed by atoms with Crippen LogP contribution in [-0.2, 0) is 4.79 Å². The number of carbonyl (C=O) groups is 1. The van der Waals surface area contributed by atoms with Crippen molar-refractivity contribution in [3.8, 4) is 0 Å². The van der Waals surface area contributed by atoms with E-state index in [-0.39, 0.29) is 17.8 Å². The summed E-state index contributed by atoms with van der Waals surface area (Å²) in [6, 6.07) is 9.37. The molecule has 114 valence electrons. The molecule has 1 saturated carbocycles. The number of hydrogen-bond donors (Lipinski definition) is 3. The van der Waals surface area contributed by atoms with Crippen LogP contribution in [-0.4, -0.2) is 23.0 Å². The Morgan fingerprint density at radius 2 is 1.81 bits per heavy atom. The number of rotatable bonds is 4. The molecule has 5 heteroatoms. The Morgan fingerprint density at radius 1 is 1.19 bits per heavy atom. The molecular formula is C16H23N3O2. The summed E-state index contributed by atoms with van der Waals surface area (Å²) in [6.07, 6.45) is 6.76. The summed E-state index contributed by atoms with van der Waals surface area (Å²) in [4.78, 5) is 12.5. The van der Waals surface area contributed by atoms with Crippen molar-refractivity contribution < 1.29 is 10.0 Å². The molecule has 0 saturated heterocycles. The number of nitrogens with one attached hydrogen (secondary N) is 1. The van der Waals surface area contributed by atoms with E-state index in [1.165, 1.54) is 12.8 Å². The first kappa shape index (κ1) is 15.4. The van der Waals surface area contributed by atoms with Gasteiger partial charge in [0.1, 0.15) is 5.92 Å². The van der Waals surface area contributed by atoms with Gasteiger partial charge in [-0.05, 0) is 18.4 Å². The van der Waals surface area contributed by atoms with Crippen LogP contribution in [0.1, 0.15) is 50.0 Å². The third-order valence-electron chi connectivity index (χ3n) is 4.01. The number of benzene rings is 1. The Labute approximate surface area is 125 Å². The minimum Gasteiger partial charge on any atom is -0.409 e. The second-order valence-electron chi connectivity index (χ2n) is 5.57. The Hall–Kier alpha value is -2.04. The fraction of sp³-hybridized carbons (Fsp3) is 0.500. The van der Waals surface area contributed by atoms with E-state index in [0.717, 1.165) is 31.2 Å². The van der Waals surface area contributed by atoms with Crippen LogP contribution in [0, 0.1) is 0 Å².